The maximum Gasteiger partial charge on any atom is 0.339 e. The molecule has 0 unspecified atom stereocenters. The van der Waals surface area contributed by atoms with Crippen LogP contribution in [-0.2, 0) is 9.53 Å². The fourth-order valence-corrected chi connectivity index (χ4v) is 4.39. The SMILES string of the molecule is O=C(COC(=O)c1cccc2c1C(=O)c1ccccc1C2=O)NC1CCCCCCC1. The highest BCUT2D eigenvalue weighted by molar-refractivity contribution is 6.30. The van der Waals surface area contributed by atoms with Gasteiger partial charge in [0.25, 0.3) is 5.91 Å². The predicted molar refractivity (Wildman–Crippen MR) is 114 cm³/mol. The summed E-state index contributed by atoms with van der Waals surface area (Å²) in [5.41, 5.74) is 0.809. The highest BCUT2D eigenvalue weighted by atomic mass is 16.5. The van der Waals surface area contributed by atoms with Crippen molar-refractivity contribution >= 4 is 23.4 Å². The van der Waals surface area contributed by atoms with Crippen molar-refractivity contribution in [2.75, 3.05) is 6.61 Å². The molecule has 160 valence electrons. The number of carbonyl (C=O) groups is 4. The number of esters is 1. The molecule has 0 saturated heterocycles. The Kier molecular flexibility index (Phi) is 6.26. The van der Waals surface area contributed by atoms with E-state index in [0.717, 1.165) is 25.7 Å². The van der Waals surface area contributed by atoms with Crippen LogP contribution in [0.3, 0.4) is 0 Å². The Labute approximate surface area is 181 Å². The molecule has 1 fully saturated rings. The van der Waals surface area contributed by atoms with Gasteiger partial charge >= 0.3 is 5.97 Å². The highest BCUT2D eigenvalue weighted by Crippen LogP contribution is 2.29. The van der Waals surface area contributed by atoms with E-state index in [1.165, 1.54) is 31.4 Å². The van der Waals surface area contributed by atoms with E-state index in [1.807, 2.05) is 0 Å². The van der Waals surface area contributed by atoms with Crippen LogP contribution < -0.4 is 5.32 Å². The lowest BCUT2D eigenvalue weighted by atomic mass is 9.82. The van der Waals surface area contributed by atoms with Crippen molar-refractivity contribution in [1.29, 1.82) is 0 Å². The Morgan fingerprint density at radius 3 is 2.13 bits per heavy atom. The van der Waals surface area contributed by atoms with Crippen molar-refractivity contribution < 1.29 is 23.9 Å². The van der Waals surface area contributed by atoms with E-state index in [-0.39, 0.29) is 40.0 Å². The normalized spacial score (nSPS) is 16.5. The molecular formula is C25H25NO5. The summed E-state index contributed by atoms with van der Waals surface area (Å²) in [6.45, 7) is -0.419. The van der Waals surface area contributed by atoms with E-state index in [1.54, 1.807) is 30.3 Å². The number of nitrogens with one attached hydrogen (secondary N) is 1. The van der Waals surface area contributed by atoms with Crippen molar-refractivity contribution in [3.05, 3.63) is 70.3 Å². The quantitative estimate of drug-likeness (QED) is 0.649. The lowest BCUT2D eigenvalue weighted by molar-refractivity contribution is -0.125. The summed E-state index contributed by atoms with van der Waals surface area (Å²) in [7, 11) is 0. The van der Waals surface area contributed by atoms with Gasteiger partial charge in [-0.15, -0.1) is 0 Å². The molecular weight excluding hydrogens is 394 g/mol. The first kappa shape index (κ1) is 21.0. The molecule has 0 heterocycles. The van der Waals surface area contributed by atoms with Gasteiger partial charge in [-0.25, -0.2) is 4.79 Å². The number of rotatable bonds is 4. The summed E-state index contributed by atoms with van der Waals surface area (Å²) in [5.74, 6) is -1.83. The topological polar surface area (TPSA) is 89.5 Å². The summed E-state index contributed by atoms with van der Waals surface area (Å²) in [6.07, 6.45) is 7.62. The molecule has 2 aliphatic rings. The molecule has 1 N–H and O–H groups in total. The Hall–Kier alpha value is -3.28. The number of carbonyl (C=O) groups excluding carboxylic acids is 4. The van der Waals surface area contributed by atoms with Crippen molar-refractivity contribution in [2.24, 2.45) is 0 Å². The van der Waals surface area contributed by atoms with Crippen LogP contribution in [-0.4, -0.2) is 36.1 Å². The van der Waals surface area contributed by atoms with Crippen molar-refractivity contribution in [3.8, 4) is 0 Å². The molecule has 0 aliphatic heterocycles. The molecule has 0 spiro atoms. The van der Waals surface area contributed by atoms with Gasteiger partial charge in [-0.3, -0.25) is 14.4 Å². The number of benzene rings is 2. The number of hydrogen-bond acceptors (Lipinski definition) is 5. The van der Waals surface area contributed by atoms with E-state index in [9.17, 15) is 19.2 Å². The third-order valence-electron chi connectivity index (χ3n) is 5.98. The summed E-state index contributed by atoms with van der Waals surface area (Å²) >= 11 is 0. The van der Waals surface area contributed by atoms with Crippen LogP contribution in [0.1, 0.15) is 87.1 Å². The zero-order chi connectivity index (χ0) is 21.8. The van der Waals surface area contributed by atoms with Gasteiger partial charge in [0.15, 0.2) is 18.2 Å². The largest absolute Gasteiger partial charge is 0.452 e. The average Bonchev–Trinajstić information content (AvgIpc) is 2.77. The van der Waals surface area contributed by atoms with Gasteiger partial charge < -0.3 is 10.1 Å². The van der Waals surface area contributed by atoms with Gasteiger partial charge in [-0.2, -0.15) is 0 Å². The lowest BCUT2D eigenvalue weighted by Crippen LogP contribution is -2.38. The van der Waals surface area contributed by atoms with Crippen molar-refractivity contribution in [2.45, 2.75) is 51.0 Å². The Morgan fingerprint density at radius 1 is 0.806 bits per heavy atom. The monoisotopic (exact) mass is 419 g/mol. The summed E-state index contributed by atoms with van der Waals surface area (Å²) in [4.78, 5) is 50.8. The molecule has 1 amide bonds. The molecule has 0 radical (unpaired) electrons. The second-order valence-electron chi connectivity index (χ2n) is 8.12. The summed E-state index contributed by atoms with van der Waals surface area (Å²) in [6, 6.07) is 11.2. The molecule has 4 rings (SSSR count). The lowest BCUT2D eigenvalue weighted by Gasteiger charge is -2.21. The molecule has 6 heteroatoms. The molecule has 0 bridgehead atoms. The predicted octanol–water partition coefficient (Wildman–Crippen LogP) is 3.85. The summed E-state index contributed by atoms with van der Waals surface area (Å²) in [5, 5.41) is 2.95. The van der Waals surface area contributed by atoms with Crippen molar-refractivity contribution in [1.82, 2.24) is 5.32 Å². The molecule has 0 atom stereocenters. The van der Waals surface area contributed by atoms with Crippen LogP contribution in [0, 0.1) is 0 Å². The van der Waals surface area contributed by atoms with E-state index in [2.05, 4.69) is 5.32 Å². The number of hydrogen-bond donors (Lipinski definition) is 1. The van der Waals surface area contributed by atoms with Gasteiger partial charge in [0.2, 0.25) is 0 Å². The van der Waals surface area contributed by atoms with Gasteiger partial charge in [-0.05, 0) is 18.9 Å². The highest BCUT2D eigenvalue weighted by Gasteiger charge is 2.33. The smallest absolute Gasteiger partial charge is 0.339 e. The first-order chi connectivity index (χ1) is 15.1. The molecule has 2 aliphatic carbocycles. The zero-order valence-electron chi connectivity index (χ0n) is 17.3. The second kappa shape index (κ2) is 9.25. The van der Waals surface area contributed by atoms with Gasteiger partial charge in [0, 0.05) is 28.3 Å². The minimum absolute atomic E-state index is 0.00380. The van der Waals surface area contributed by atoms with E-state index in [0.29, 0.717) is 5.56 Å². The fourth-order valence-electron chi connectivity index (χ4n) is 4.39. The van der Waals surface area contributed by atoms with Crippen molar-refractivity contribution in [3.63, 3.8) is 0 Å². The molecule has 1 saturated carbocycles. The fraction of sp³-hybridized carbons (Fsp3) is 0.360. The Morgan fingerprint density at radius 2 is 1.42 bits per heavy atom. The second-order valence-corrected chi connectivity index (χ2v) is 8.12. The first-order valence-electron chi connectivity index (χ1n) is 10.8. The Bertz CT molecular complexity index is 1030. The molecule has 2 aromatic rings. The number of amides is 1. The molecule has 31 heavy (non-hydrogen) atoms. The molecule has 0 aromatic heterocycles. The first-order valence-corrected chi connectivity index (χ1v) is 10.8. The van der Waals surface area contributed by atoms with Gasteiger partial charge in [0.1, 0.15) is 0 Å². The zero-order valence-corrected chi connectivity index (χ0v) is 17.3. The number of ketones is 2. The maximum absolute atomic E-state index is 13.0. The van der Waals surface area contributed by atoms with Crippen LogP contribution >= 0.6 is 0 Å². The van der Waals surface area contributed by atoms with Crippen LogP contribution in [0.15, 0.2) is 42.5 Å². The van der Waals surface area contributed by atoms with Gasteiger partial charge in [-0.1, -0.05) is 68.5 Å². The minimum atomic E-state index is -0.787. The summed E-state index contributed by atoms with van der Waals surface area (Å²) < 4.78 is 5.21. The number of fused-ring (bicyclic) bond motifs is 2. The van der Waals surface area contributed by atoms with E-state index in [4.69, 9.17) is 4.74 Å². The minimum Gasteiger partial charge on any atom is -0.452 e. The van der Waals surface area contributed by atoms with Crippen LogP contribution in [0.2, 0.25) is 0 Å². The van der Waals surface area contributed by atoms with Gasteiger partial charge in [0.05, 0.1) is 5.56 Å². The van der Waals surface area contributed by atoms with Crippen LogP contribution in [0.25, 0.3) is 0 Å². The maximum atomic E-state index is 13.0. The average molecular weight is 419 g/mol. The Balaban J connectivity index is 1.46. The standard InChI is InChI=1S/C25H25NO5/c27-21(26-16-9-4-2-1-3-5-10-16)15-31-25(30)20-14-8-13-19-22(20)24(29)18-12-7-6-11-17(18)23(19)28/h6-8,11-14,16H,1-5,9-10,15H2,(H,26,27). The third kappa shape index (κ3) is 4.43. The van der Waals surface area contributed by atoms with Crippen LogP contribution in [0.4, 0.5) is 0 Å². The molecule has 2 aromatic carbocycles. The number of ether oxygens (including phenoxy) is 1. The third-order valence-corrected chi connectivity index (χ3v) is 5.98. The van der Waals surface area contributed by atoms with Crippen LogP contribution in [0.5, 0.6) is 0 Å². The van der Waals surface area contributed by atoms with E-state index >= 15 is 0 Å². The molecule has 6 nitrogen and oxygen atoms in total. The van der Waals surface area contributed by atoms with E-state index < -0.39 is 18.4 Å².